The predicted molar refractivity (Wildman–Crippen MR) is 118 cm³/mol. The number of nitrogens with one attached hydrogen (secondary N) is 1. The molecule has 0 radical (unpaired) electrons. The van der Waals surface area contributed by atoms with E-state index in [1.54, 1.807) is 50.6 Å². The zero-order chi connectivity index (χ0) is 20.8. The number of carbonyl (C=O) groups excluding carboxylic acids is 1. The summed E-state index contributed by atoms with van der Waals surface area (Å²) < 4.78 is 17.2. The largest absolute Gasteiger partial charge is 0.493 e. The molecule has 0 fully saturated rings. The molecule has 0 unspecified atom stereocenters. The van der Waals surface area contributed by atoms with Crippen molar-refractivity contribution in [1.29, 1.82) is 0 Å². The van der Waals surface area contributed by atoms with Crippen LogP contribution in [0.25, 0.3) is 0 Å². The third-order valence-corrected chi connectivity index (χ3v) is 5.17. The highest BCUT2D eigenvalue weighted by molar-refractivity contribution is 9.10. The number of halogens is 2. The fourth-order valence-electron chi connectivity index (χ4n) is 2.70. The van der Waals surface area contributed by atoms with Crippen LogP contribution in [0.3, 0.4) is 0 Å². The molecule has 5 nitrogen and oxygen atoms in total. The molecule has 3 rings (SSSR count). The average molecular weight is 477 g/mol. The Kier molecular flexibility index (Phi) is 7.01. The van der Waals surface area contributed by atoms with E-state index >= 15 is 0 Å². The highest BCUT2D eigenvalue weighted by Gasteiger charge is 2.15. The van der Waals surface area contributed by atoms with Crippen LogP contribution in [-0.2, 0) is 11.2 Å². The van der Waals surface area contributed by atoms with E-state index in [0.29, 0.717) is 33.7 Å². The number of anilines is 1. The van der Waals surface area contributed by atoms with Crippen molar-refractivity contribution in [2.75, 3.05) is 19.5 Å². The van der Waals surface area contributed by atoms with Crippen molar-refractivity contribution in [3.8, 4) is 23.0 Å². The van der Waals surface area contributed by atoms with Crippen molar-refractivity contribution >= 4 is 39.1 Å². The van der Waals surface area contributed by atoms with Gasteiger partial charge in [-0.25, -0.2) is 0 Å². The van der Waals surface area contributed by atoms with Gasteiger partial charge in [-0.2, -0.15) is 0 Å². The summed E-state index contributed by atoms with van der Waals surface area (Å²) in [6, 6.07) is 17.9. The Morgan fingerprint density at radius 1 is 0.931 bits per heavy atom. The number of amides is 1. The molecule has 0 aliphatic heterocycles. The molecule has 1 amide bonds. The molecule has 3 aromatic carbocycles. The second-order valence-electron chi connectivity index (χ2n) is 6.05. The lowest BCUT2D eigenvalue weighted by Gasteiger charge is -2.14. The van der Waals surface area contributed by atoms with Crippen LogP contribution in [0.15, 0.2) is 65.1 Å². The molecule has 0 heterocycles. The highest BCUT2D eigenvalue weighted by Crippen LogP contribution is 2.35. The maximum absolute atomic E-state index is 12.7. The van der Waals surface area contributed by atoms with Gasteiger partial charge in [0.15, 0.2) is 17.2 Å². The number of carbonyl (C=O) groups is 1. The number of benzene rings is 3. The lowest BCUT2D eigenvalue weighted by atomic mass is 10.1. The van der Waals surface area contributed by atoms with E-state index in [4.69, 9.17) is 25.8 Å². The first-order chi connectivity index (χ1) is 14.0. The van der Waals surface area contributed by atoms with E-state index in [1.165, 1.54) is 0 Å². The lowest BCUT2D eigenvalue weighted by molar-refractivity contribution is -0.115. The van der Waals surface area contributed by atoms with Crippen molar-refractivity contribution in [1.82, 2.24) is 0 Å². The minimum atomic E-state index is -0.201. The third-order valence-electron chi connectivity index (χ3n) is 4.12. The Balaban J connectivity index is 1.78. The number of ether oxygens (including phenoxy) is 3. The van der Waals surface area contributed by atoms with E-state index in [1.807, 2.05) is 24.3 Å². The smallest absolute Gasteiger partial charge is 0.228 e. The molecule has 7 heteroatoms. The first-order valence-corrected chi connectivity index (χ1v) is 9.90. The number of methoxy groups -OCH3 is 2. The summed E-state index contributed by atoms with van der Waals surface area (Å²) in [6.07, 6.45) is 0.140. The third kappa shape index (κ3) is 5.22. The SMILES string of the molecule is COc1cc(Br)c(CC(=O)Nc2ccccc2Oc2ccccc2Cl)cc1OC. The molecule has 0 aliphatic carbocycles. The monoisotopic (exact) mass is 475 g/mol. The average Bonchev–Trinajstić information content (AvgIpc) is 2.72. The summed E-state index contributed by atoms with van der Waals surface area (Å²) in [5, 5.41) is 3.38. The van der Waals surface area contributed by atoms with E-state index in [9.17, 15) is 4.79 Å². The molecular weight excluding hydrogens is 458 g/mol. The molecule has 1 N–H and O–H groups in total. The molecule has 0 saturated heterocycles. The molecule has 0 saturated carbocycles. The highest BCUT2D eigenvalue weighted by atomic mass is 79.9. The van der Waals surface area contributed by atoms with Gasteiger partial charge >= 0.3 is 0 Å². The van der Waals surface area contributed by atoms with Gasteiger partial charge in [-0.1, -0.05) is 51.8 Å². The number of para-hydroxylation sites is 3. The van der Waals surface area contributed by atoms with Crippen molar-refractivity contribution in [3.05, 3.63) is 75.7 Å². The molecule has 0 aliphatic rings. The van der Waals surface area contributed by atoms with Gasteiger partial charge in [0.1, 0.15) is 5.75 Å². The molecule has 150 valence electrons. The Morgan fingerprint density at radius 3 is 2.24 bits per heavy atom. The first kappa shape index (κ1) is 21.0. The van der Waals surface area contributed by atoms with Crippen LogP contribution >= 0.6 is 27.5 Å². The van der Waals surface area contributed by atoms with E-state index < -0.39 is 0 Å². The lowest BCUT2D eigenvalue weighted by Crippen LogP contribution is -2.15. The van der Waals surface area contributed by atoms with E-state index in [2.05, 4.69) is 21.2 Å². The van der Waals surface area contributed by atoms with Crippen LogP contribution in [0.2, 0.25) is 5.02 Å². The first-order valence-electron chi connectivity index (χ1n) is 8.73. The van der Waals surface area contributed by atoms with Crippen molar-refractivity contribution in [3.63, 3.8) is 0 Å². The minimum Gasteiger partial charge on any atom is -0.493 e. The fourth-order valence-corrected chi connectivity index (χ4v) is 3.34. The van der Waals surface area contributed by atoms with Crippen LogP contribution in [0.5, 0.6) is 23.0 Å². The van der Waals surface area contributed by atoms with E-state index in [0.717, 1.165) is 10.0 Å². The maximum Gasteiger partial charge on any atom is 0.228 e. The van der Waals surface area contributed by atoms with Crippen LogP contribution in [-0.4, -0.2) is 20.1 Å². The number of rotatable bonds is 7. The normalized spacial score (nSPS) is 10.3. The Hall–Kier alpha value is -2.70. The van der Waals surface area contributed by atoms with Gasteiger partial charge in [-0.15, -0.1) is 0 Å². The van der Waals surface area contributed by atoms with Gasteiger partial charge in [0.05, 0.1) is 31.4 Å². The molecule has 0 aromatic heterocycles. The zero-order valence-corrected chi connectivity index (χ0v) is 18.2. The number of hydrogen-bond donors (Lipinski definition) is 1. The van der Waals surface area contributed by atoms with Crippen LogP contribution in [0.4, 0.5) is 5.69 Å². The van der Waals surface area contributed by atoms with Crippen LogP contribution in [0.1, 0.15) is 5.56 Å². The zero-order valence-electron chi connectivity index (χ0n) is 15.9. The van der Waals surface area contributed by atoms with Crippen LogP contribution < -0.4 is 19.5 Å². The summed E-state index contributed by atoms with van der Waals surface area (Å²) in [4.78, 5) is 12.7. The van der Waals surface area contributed by atoms with Gasteiger partial charge in [0.25, 0.3) is 0 Å². The predicted octanol–water partition coefficient (Wildman–Crippen LogP) is 6.09. The fraction of sp³-hybridized carbons (Fsp3) is 0.136. The van der Waals surface area contributed by atoms with Crippen molar-refractivity contribution in [2.24, 2.45) is 0 Å². The van der Waals surface area contributed by atoms with Gasteiger partial charge in [0.2, 0.25) is 5.91 Å². The molecular formula is C22H19BrClNO4. The van der Waals surface area contributed by atoms with Gasteiger partial charge < -0.3 is 19.5 Å². The summed E-state index contributed by atoms with van der Waals surface area (Å²) >= 11 is 9.65. The maximum atomic E-state index is 12.7. The van der Waals surface area contributed by atoms with E-state index in [-0.39, 0.29) is 12.3 Å². The summed E-state index contributed by atoms with van der Waals surface area (Å²) in [5.74, 6) is 1.95. The Labute approximate surface area is 182 Å². The van der Waals surface area contributed by atoms with Crippen molar-refractivity contribution in [2.45, 2.75) is 6.42 Å². The molecule has 0 spiro atoms. The topological polar surface area (TPSA) is 56.8 Å². The summed E-state index contributed by atoms with van der Waals surface area (Å²) in [7, 11) is 3.12. The summed E-state index contributed by atoms with van der Waals surface area (Å²) in [5.41, 5.74) is 1.32. The molecule has 3 aromatic rings. The Bertz CT molecular complexity index is 1030. The Morgan fingerprint density at radius 2 is 1.55 bits per heavy atom. The molecule has 29 heavy (non-hydrogen) atoms. The van der Waals surface area contributed by atoms with Gasteiger partial charge in [0, 0.05) is 4.47 Å². The second-order valence-corrected chi connectivity index (χ2v) is 7.31. The van der Waals surface area contributed by atoms with Gasteiger partial charge in [-0.3, -0.25) is 4.79 Å². The van der Waals surface area contributed by atoms with Crippen LogP contribution in [0, 0.1) is 0 Å². The summed E-state index contributed by atoms with van der Waals surface area (Å²) in [6.45, 7) is 0. The minimum absolute atomic E-state index is 0.140. The molecule has 0 atom stereocenters. The quantitative estimate of drug-likeness (QED) is 0.448. The standard InChI is InChI=1S/C22H19BrClNO4/c1-27-20-11-14(15(23)13-21(20)28-2)12-22(26)25-17-8-4-6-10-19(17)29-18-9-5-3-7-16(18)24/h3-11,13H,12H2,1-2H3,(H,25,26). The van der Waals surface area contributed by atoms with Crippen molar-refractivity contribution < 1.29 is 19.0 Å². The second kappa shape index (κ2) is 9.67. The molecule has 0 bridgehead atoms. The van der Waals surface area contributed by atoms with Gasteiger partial charge in [-0.05, 0) is 42.0 Å². The number of hydrogen-bond acceptors (Lipinski definition) is 4.